The van der Waals surface area contributed by atoms with E-state index in [1.54, 1.807) is 11.3 Å². The molecule has 1 aliphatic rings. The van der Waals surface area contributed by atoms with Crippen molar-refractivity contribution in [2.45, 2.75) is 38.1 Å². The third-order valence-electron chi connectivity index (χ3n) is 2.99. The van der Waals surface area contributed by atoms with E-state index in [1.807, 2.05) is 0 Å². The van der Waals surface area contributed by atoms with Crippen molar-refractivity contribution in [2.75, 3.05) is 0 Å². The van der Waals surface area contributed by atoms with Crippen LogP contribution in [0.1, 0.15) is 43.0 Å². The highest BCUT2D eigenvalue weighted by atomic mass is 79.9. The van der Waals surface area contributed by atoms with Gasteiger partial charge in [0.1, 0.15) is 0 Å². The van der Waals surface area contributed by atoms with Crippen molar-refractivity contribution in [3.05, 3.63) is 32.4 Å². The Bertz CT molecular complexity index is 373. The number of hydrazine groups is 1. The maximum Gasteiger partial charge on any atom is 0.0763 e. The summed E-state index contributed by atoms with van der Waals surface area (Å²) in [5, 5.41) is 0. The molecular weight excluding hydrogens is 284 g/mol. The molecule has 1 aromatic heterocycles. The minimum atomic E-state index is 0.203. The summed E-state index contributed by atoms with van der Waals surface area (Å²) in [5.74, 6) is 5.70. The second-order valence-corrected chi connectivity index (χ2v) is 6.61. The topological polar surface area (TPSA) is 38.0 Å². The van der Waals surface area contributed by atoms with Crippen LogP contribution in [0, 0.1) is 0 Å². The van der Waals surface area contributed by atoms with Crippen LogP contribution in [0.5, 0.6) is 0 Å². The number of thiophene rings is 1. The van der Waals surface area contributed by atoms with Crippen LogP contribution in [0.2, 0.25) is 0 Å². The molecule has 0 aromatic carbocycles. The Morgan fingerprint density at radius 2 is 2.19 bits per heavy atom. The first-order valence-corrected chi connectivity index (χ1v) is 7.32. The van der Waals surface area contributed by atoms with Crippen molar-refractivity contribution in [1.29, 1.82) is 0 Å². The van der Waals surface area contributed by atoms with E-state index >= 15 is 0 Å². The number of nitrogens with two attached hydrogens (primary N) is 1. The molecule has 88 valence electrons. The summed E-state index contributed by atoms with van der Waals surface area (Å²) in [7, 11) is 0. The minimum absolute atomic E-state index is 0.203. The lowest BCUT2D eigenvalue weighted by molar-refractivity contribution is 0.600. The van der Waals surface area contributed by atoms with Gasteiger partial charge < -0.3 is 0 Å². The Labute approximate surface area is 109 Å². The number of hydrogen-bond donors (Lipinski definition) is 2. The van der Waals surface area contributed by atoms with E-state index < -0.39 is 0 Å². The molecule has 0 aliphatic heterocycles. The van der Waals surface area contributed by atoms with E-state index in [4.69, 9.17) is 5.84 Å². The molecule has 2 rings (SSSR count). The summed E-state index contributed by atoms with van der Waals surface area (Å²) in [4.78, 5) is 1.29. The number of rotatable bonds is 3. The second kappa shape index (κ2) is 5.96. The summed E-state index contributed by atoms with van der Waals surface area (Å²) in [5.41, 5.74) is 4.40. The number of allylic oxidation sites excluding steroid dienone is 1. The third-order valence-corrected chi connectivity index (χ3v) is 4.68. The first-order chi connectivity index (χ1) is 7.81. The fraction of sp³-hybridized carbons (Fsp3) is 0.500. The van der Waals surface area contributed by atoms with Gasteiger partial charge in [-0.2, -0.15) is 0 Å². The molecule has 1 aliphatic carbocycles. The molecule has 2 nitrogen and oxygen atoms in total. The normalized spacial score (nSPS) is 19.0. The summed E-state index contributed by atoms with van der Waals surface area (Å²) in [6.07, 6.45) is 8.67. The van der Waals surface area contributed by atoms with Gasteiger partial charge in [0.2, 0.25) is 0 Å². The van der Waals surface area contributed by atoms with Gasteiger partial charge in [0.15, 0.2) is 0 Å². The number of hydrogen-bond acceptors (Lipinski definition) is 3. The SMILES string of the molecule is NNC(C1=CCCCCC1)c1ccc(Br)s1. The maximum atomic E-state index is 5.70. The van der Waals surface area contributed by atoms with Crippen LogP contribution >= 0.6 is 27.3 Å². The van der Waals surface area contributed by atoms with Gasteiger partial charge in [-0.25, -0.2) is 5.43 Å². The highest BCUT2D eigenvalue weighted by molar-refractivity contribution is 9.11. The number of halogens is 1. The highest BCUT2D eigenvalue weighted by Gasteiger charge is 2.17. The molecule has 0 radical (unpaired) electrons. The lowest BCUT2D eigenvalue weighted by atomic mass is 10.0. The zero-order valence-electron chi connectivity index (χ0n) is 9.21. The van der Waals surface area contributed by atoms with Crippen LogP contribution in [0.4, 0.5) is 0 Å². The van der Waals surface area contributed by atoms with Gasteiger partial charge in [-0.1, -0.05) is 18.1 Å². The Hall–Kier alpha value is -0.160. The minimum Gasteiger partial charge on any atom is -0.271 e. The van der Waals surface area contributed by atoms with E-state index in [0.717, 1.165) is 3.79 Å². The molecule has 1 unspecified atom stereocenters. The van der Waals surface area contributed by atoms with Crippen LogP contribution in [0.3, 0.4) is 0 Å². The van der Waals surface area contributed by atoms with Gasteiger partial charge in [0.05, 0.1) is 9.83 Å². The van der Waals surface area contributed by atoms with Crippen LogP contribution in [0.25, 0.3) is 0 Å². The number of nitrogens with one attached hydrogen (secondary N) is 1. The van der Waals surface area contributed by atoms with Crippen molar-refractivity contribution < 1.29 is 0 Å². The van der Waals surface area contributed by atoms with Crippen molar-refractivity contribution in [1.82, 2.24) is 5.43 Å². The van der Waals surface area contributed by atoms with Gasteiger partial charge in [0, 0.05) is 4.88 Å². The van der Waals surface area contributed by atoms with Crippen molar-refractivity contribution in [2.24, 2.45) is 5.84 Å². The Balaban J connectivity index is 2.18. The predicted molar refractivity (Wildman–Crippen MR) is 73.3 cm³/mol. The second-order valence-electron chi connectivity index (χ2n) is 4.12. The largest absolute Gasteiger partial charge is 0.271 e. The Morgan fingerprint density at radius 3 is 2.88 bits per heavy atom. The quantitative estimate of drug-likeness (QED) is 0.505. The van der Waals surface area contributed by atoms with E-state index in [9.17, 15) is 0 Å². The average Bonchev–Trinajstić information content (AvgIpc) is 2.55. The summed E-state index contributed by atoms with van der Waals surface area (Å²) in [6.45, 7) is 0. The monoisotopic (exact) mass is 300 g/mol. The first-order valence-electron chi connectivity index (χ1n) is 5.71. The summed E-state index contributed by atoms with van der Waals surface area (Å²) in [6, 6.07) is 4.43. The molecule has 0 saturated heterocycles. The van der Waals surface area contributed by atoms with E-state index in [2.05, 4.69) is 39.6 Å². The molecular formula is C12H17BrN2S. The van der Waals surface area contributed by atoms with Gasteiger partial charge in [-0.15, -0.1) is 11.3 Å². The molecule has 4 heteroatoms. The smallest absolute Gasteiger partial charge is 0.0763 e. The van der Waals surface area contributed by atoms with Gasteiger partial charge in [-0.3, -0.25) is 5.84 Å². The van der Waals surface area contributed by atoms with Crippen LogP contribution in [0.15, 0.2) is 27.6 Å². The summed E-state index contributed by atoms with van der Waals surface area (Å²) < 4.78 is 1.16. The molecule has 0 bridgehead atoms. The van der Waals surface area contributed by atoms with Crippen LogP contribution in [-0.4, -0.2) is 0 Å². The lowest BCUT2D eigenvalue weighted by Gasteiger charge is -2.17. The Morgan fingerprint density at radius 1 is 1.31 bits per heavy atom. The average molecular weight is 301 g/mol. The molecule has 16 heavy (non-hydrogen) atoms. The zero-order chi connectivity index (χ0) is 11.4. The van der Waals surface area contributed by atoms with Gasteiger partial charge >= 0.3 is 0 Å². The van der Waals surface area contributed by atoms with Crippen molar-refractivity contribution in [3.8, 4) is 0 Å². The van der Waals surface area contributed by atoms with E-state index in [1.165, 1.54) is 42.6 Å². The van der Waals surface area contributed by atoms with Crippen molar-refractivity contribution in [3.63, 3.8) is 0 Å². The molecule has 0 spiro atoms. The fourth-order valence-electron chi connectivity index (χ4n) is 2.16. The molecule has 1 aromatic rings. The third kappa shape index (κ3) is 2.94. The lowest BCUT2D eigenvalue weighted by Crippen LogP contribution is -2.28. The van der Waals surface area contributed by atoms with Gasteiger partial charge in [-0.05, 0) is 53.7 Å². The molecule has 1 atom stereocenters. The molecule has 0 saturated carbocycles. The summed E-state index contributed by atoms with van der Waals surface area (Å²) >= 11 is 5.25. The van der Waals surface area contributed by atoms with Gasteiger partial charge in [0.25, 0.3) is 0 Å². The predicted octanol–water partition coefficient (Wildman–Crippen LogP) is 3.91. The molecule has 1 heterocycles. The standard InChI is InChI=1S/C12H17BrN2S/c13-11-8-7-10(16-11)12(15-14)9-5-3-1-2-4-6-9/h5,7-8,12,15H,1-4,6,14H2. The van der Waals surface area contributed by atoms with Crippen LogP contribution < -0.4 is 11.3 Å². The van der Waals surface area contributed by atoms with E-state index in [-0.39, 0.29) is 6.04 Å². The Kier molecular flexibility index (Phi) is 4.58. The molecule has 3 N–H and O–H groups in total. The maximum absolute atomic E-state index is 5.70. The molecule has 0 amide bonds. The first kappa shape index (κ1) is 12.3. The zero-order valence-corrected chi connectivity index (χ0v) is 11.6. The van der Waals surface area contributed by atoms with Crippen LogP contribution in [-0.2, 0) is 0 Å². The van der Waals surface area contributed by atoms with E-state index in [0.29, 0.717) is 0 Å². The molecule has 0 fully saturated rings. The van der Waals surface area contributed by atoms with Crippen molar-refractivity contribution >= 4 is 27.3 Å². The fourth-order valence-corrected chi connectivity index (χ4v) is 3.68. The highest BCUT2D eigenvalue weighted by Crippen LogP contribution is 2.34.